The lowest BCUT2D eigenvalue weighted by atomic mass is 9.98. The lowest BCUT2D eigenvalue weighted by Crippen LogP contribution is -2.19. The molecule has 2 heterocycles. The molecule has 128 valence electrons. The van der Waals surface area contributed by atoms with Crippen LogP contribution < -0.4 is 0 Å². The van der Waals surface area contributed by atoms with Crippen molar-refractivity contribution in [2.45, 2.75) is 32.7 Å². The van der Waals surface area contributed by atoms with Gasteiger partial charge in [0.1, 0.15) is 11.3 Å². The quantitative estimate of drug-likeness (QED) is 0.882. The highest BCUT2D eigenvalue weighted by molar-refractivity contribution is 5.90. The number of carboxylic acids is 1. The van der Waals surface area contributed by atoms with Gasteiger partial charge in [0.25, 0.3) is 0 Å². The number of hydrogen-bond acceptors (Lipinski definition) is 4. The Bertz CT molecular complexity index is 695. The van der Waals surface area contributed by atoms with Gasteiger partial charge in [0.15, 0.2) is 0 Å². The van der Waals surface area contributed by atoms with Crippen molar-refractivity contribution in [2.24, 2.45) is 0 Å². The third kappa shape index (κ3) is 4.11. The molecule has 5 nitrogen and oxygen atoms in total. The Morgan fingerprint density at radius 3 is 2.46 bits per heavy atom. The molecule has 2 aromatic rings. The zero-order valence-electron chi connectivity index (χ0n) is 14.4. The molecule has 0 spiro atoms. The molecule has 1 aliphatic rings. The maximum Gasteiger partial charge on any atom is 0.339 e. The number of benzene rings is 1. The van der Waals surface area contributed by atoms with Gasteiger partial charge < -0.3 is 10.2 Å². The largest absolute Gasteiger partial charge is 0.507 e. The summed E-state index contributed by atoms with van der Waals surface area (Å²) >= 11 is 0. The lowest BCUT2D eigenvalue weighted by Gasteiger charge is -2.22. The minimum atomic E-state index is -1.11. The van der Waals surface area contributed by atoms with Crippen LogP contribution in [0.15, 0.2) is 36.5 Å². The van der Waals surface area contributed by atoms with E-state index in [1.165, 1.54) is 48.3 Å². The van der Waals surface area contributed by atoms with Gasteiger partial charge >= 0.3 is 5.97 Å². The summed E-state index contributed by atoms with van der Waals surface area (Å²) in [6.45, 7) is 5.53. The smallest absolute Gasteiger partial charge is 0.339 e. The van der Waals surface area contributed by atoms with E-state index in [0.29, 0.717) is 6.04 Å². The summed E-state index contributed by atoms with van der Waals surface area (Å²) in [5.41, 5.74) is 3.97. The van der Waals surface area contributed by atoms with Crippen LogP contribution in [0.3, 0.4) is 0 Å². The summed E-state index contributed by atoms with van der Waals surface area (Å²) in [5.74, 6) is -1.31. The first-order chi connectivity index (χ1) is 11.4. The zero-order chi connectivity index (χ0) is 17.7. The molecular formula is C19H24N2O3. The third-order valence-electron chi connectivity index (χ3n) is 4.40. The second-order valence-electron chi connectivity index (χ2n) is 6.09. The van der Waals surface area contributed by atoms with Gasteiger partial charge in [-0.15, -0.1) is 0 Å². The molecule has 1 aromatic carbocycles. The molecule has 1 saturated heterocycles. The molecule has 0 bridgehead atoms. The van der Waals surface area contributed by atoms with Gasteiger partial charge in [0.05, 0.1) is 0 Å². The molecule has 3 rings (SSSR count). The van der Waals surface area contributed by atoms with Gasteiger partial charge in [-0.2, -0.15) is 0 Å². The second kappa shape index (κ2) is 7.93. The minimum Gasteiger partial charge on any atom is -0.507 e. The van der Waals surface area contributed by atoms with E-state index in [1.54, 1.807) is 12.1 Å². The molecule has 2 N–H and O–H groups in total. The first kappa shape index (κ1) is 17.9. The van der Waals surface area contributed by atoms with Gasteiger partial charge in [-0.25, -0.2) is 4.79 Å². The predicted molar refractivity (Wildman–Crippen MR) is 93.4 cm³/mol. The molecule has 5 heteroatoms. The van der Waals surface area contributed by atoms with Crippen molar-refractivity contribution < 1.29 is 15.0 Å². The average Bonchev–Trinajstić information content (AvgIpc) is 2.94. The van der Waals surface area contributed by atoms with Crippen LogP contribution in [0.5, 0.6) is 5.75 Å². The first-order valence-corrected chi connectivity index (χ1v) is 8.05. The molecule has 1 aliphatic heterocycles. The van der Waals surface area contributed by atoms with Crippen molar-refractivity contribution in [3.8, 4) is 5.75 Å². The van der Waals surface area contributed by atoms with Crippen molar-refractivity contribution in [1.29, 1.82) is 0 Å². The standard InChI is InChI=1S/C12H18N2.C7H6O3/c1-9-6-7-13-10(2)12(9)11-5-4-8-14(11)3;8-6-4-2-1-3-5(6)7(9)10/h6-7,11H,4-5,8H2,1-3H3;1-4,8H,(H,9,10)/t11-;/m0./s1. The number of pyridine rings is 1. The highest BCUT2D eigenvalue weighted by Crippen LogP contribution is 2.33. The van der Waals surface area contributed by atoms with E-state index in [1.807, 2.05) is 6.20 Å². The van der Waals surface area contributed by atoms with E-state index in [-0.39, 0.29) is 11.3 Å². The molecule has 0 amide bonds. The van der Waals surface area contributed by atoms with E-state index in [0.717, 1.165) is 0 Å². The number of nitrogens with zero attached hydrogens (tertiary/aromatic N) is 2. The molecule has 0 saturated carbocycles. The van der Waals surface area contributed by atoms with Gasteiger partial charge in [-0.05, 0) is 69.6 Å². The van der Waals surface area contributed by atoms with E-state index >= 15 is 0 Å². The fraction of sp³-hybridized carbons (Fsp3) is 0.368. The van der Waals surface area contributed by atoms with Crippen LogP contribution in [0.4, 0.5) is 0 Å². The summed E-state index contributed by atoms with van der Waals surface area (Å²) in [4.78, 5) is 17.1. The van der Waals surface area contributed by atoms with Crippen molar-refractivity contribution >= 4 is 5.97 Å². The molecule has 1 aromatic heterocycles. The summed E-state index contributed by atoms with van der Waals surface area (Å²) in [6, 6.07) is 8.53. The van der Waals surface area contributed by atoms with Crippen molar-refractivity contribution in [3.05, 3.63) is 58.9 Å². The maximum absolute atomic E-state index is 10.3. The van der Waals surface area contributed by atoms with Gasteiger partial charge in [0, 0.05) is 17.9 Å². The Kier molecular flexibility index (Phi) is 5.93. The number of aromatic hydroxyl groups is 1. The monoisotopic (exact) mass is 328 g/mol. The minimum absolute atomic E-state index is 0.0671. The van der Waals surface area contributed by atoms with E-state index in [9.17, 15) is 4.79 Å². The lowest BCUT2D eigenvalue weighted by molar-refractivity contribution is 0.0693. The highest BCUT2D eigenvalue weighted by Gasteiger charge is 2.25. The van der Waals surface area contributed by atoms with E-state index in [2.05, 4.69) is 36.8 Å². The number of phenols is 1. The van der Waals surface area contributed by atoms with Crippen LogP contribution in [0, 0.1) is 13.8 Å². The van der Waals surface area contributed by atoms with Crippen LogP contribution in [0.2, 0.25) is 0 Å². The molecule has 0 aliphatic carbocycles. The van der Waals surface area contributed by atoms with Crippen LogP contribution in [-0.2, 0) is 0 Å². The number of carbonyl (C=O) groups is 1. The van der Waals surface area contributed by atoms with Gasteiger partial charge in [0.2, 0.25) is 0 Å². The summed E-state index contributed by atoms with van der Waals surface area (Å²) in [6.07, 6.45) is 4.50. The number of aromatic nitrogens is 1. The third-order valence-corrected chi connectivity index (χ3v) is 4.40. The van der Waals surface area contributed by atoms with Crippen LogP contribution in [0.25, 0.3) is 0 Å². The Balaban J connectivity index is 0.000000185. The number of aryl methyl sites for hydroxylation is 2. The van der Waals surface area contributed by atoms with Crippen molar-refractivity contribution in [1.82, 2.24) is 9.88 Å². The topological polar surface area (TPSA) is 73.7 Å². The Hall–Kier alpha value is -2.40. The number of carboxylic acid groups (broad SMARTS) is 1. The number of aromatic carboxylic acids is 1. The SMILES string of the molecule is Cc1ccnc(C)c1[C@@H]1CCCN1C.O=C(O)c1ccccc1O. The molecule has 24 heavy (non-hydrogen) atoms. The number of hydrogen-bond donors (Lipinski definition) is 2. The Labute approximate surface area is 142 Å². The van der Waals surface area contributed by atoms with Gasteiger partial charge in [-0.3, -0.25) is 9.88 Å². The zero-order valence-corrected chi connectivity index (χ0v) is 14.4. The normalized spacial score (nSPS) is 17.2. The fourth-order valence-electron chi connectivity index (χ4n) is 3.14. The molecular weight excluding hydrogens is 304 g/mol. The molecule has 1 fully saturated rings. The predicted octanol–water partition coefficient (Wildman–Crippen LogP) is 3.56. The maximum atomic E-state index is 10.3. The number of para-hydroxylation sites is 1. The van der Waals surface area contributed by atoms with Crippen LogP contribution in [-0.4, -0.2) is 39.7 Å². The first-order valence-electron chi connectivity index (χ1n) is 8.05. The van der Waals surface area contributed by atoms with Crippen LogP contribution in [0.1, 0.15) is 46.1 Å². The second-order valence-corrected chi connectivity index (χ2v) is 6.09. The average molecular weight is 328 g/mol. The van der Waals surface area contributed by atoms with E-state index < -0.39 is 5.97 Å². The highest BCUT2D eigenvalue weighted by atomic mass is 16.4. The van der Waals surface area contributed by atoms with E-state index in [4.69, 9.17) is 10.2 Å². The fourth-order valence-corrected chi connectivity index (χ4v) is 3.14. The summed E-state index contributed by atoms with van der Waals surface area (Å²) < 4.78 is 0. The molecule has 0 radical (unpaired) electrons. The Morgan fingerprint density at radius 1 is 1.25 bits per heavy atom. The summed E-state index contributed by atoms with van der Waals surface area (Å²) in [5, 5.41) is 17.3. The Morgan fingerprint density at radius 2 is 1.96 bits per heavy atom. The number of likely N-dealkylation sites (tertiary alicyclic amines) is 1. The number of rotatable bonds is 2. The van der Waals surface area contributed by atoms with Crippen LogP contribution >= 0.6 is 0 Å². The van der Waals surface area contributed by atoms with Crippen molar-refractivity contribution in [3.63, 3.8) is 0 Å². The van der Waals surface area contributed by atoms with Crippen molar-refractivity contribution in [2.75, 3.05) is 13.6 Å². The summed E-state index contributed by atoms with van der Waals surface area (Å²) in [7, 11) is 2.21. The molecule has 0 unspecified atom stereocenters. The van der Waals surface area contributed by atoms with Gasteiger partial charge in [-0.1, -0.05) is 12.1 Å². The molecule has 1 atom stereocenters.